The zero-order valence-corrected chi connectivity index (χ0v) is 14.8. The van der Waals surface area contributed by atoms with Gasteiger partial charge < -0.3 is 10.4 Å². The molecule has 0 atom stereocenters. The number of benzene rings is 2. The first-order valence-electron chi connectivity index (χ1n) is 8.23. The van der Waals surface area contributed by atoms with E-state index in [9.17, 15) is 18.7 Å². The average Bonchev–Trinajstić information content (AvgIpc) is 2.64. The van der Waals surface area contributed by atoms with Crippen LogP contribution < -0.4 is 10.6 Å². The molecule has 2 aromatic carbocycles. The highest BCUT2D eigenvalue weighted by atomic mass is 19.2. The Morgan fingerprint density at radius 1 is 1.07 bits per heavy atom. The molecule has 0 spiro atoms. The molecule has 8 heteroatoms. The number of pyridine rings is 1. The lowest BCUT2D eigenvalue weighted by Crippen LogP contribution is -2.36. The molecule has 1 amide bonds. The standard InChI is InChI=1S/C20H16F2N4O2/c1-12-3-2-4-14(7-12)24-20(25-15-9-16(27)11-23-10-15)26-19(28)13-5-6-17(21)18(22)8-13/h2-11,27H,1H3,(H2,24,25,26,28). The highest BCUT2D eigenvalue weighted by molar-refractivity contribution is 6.10. The van der Waals surface area contributed by atoms with E-state index in [1.165, 1.54) is 18.5 Å². The minimum Gasteiger partial charge on any atom is -0.506 e. The lowest BCUT2D eigenvalue weighted by Gasteiger charge is -2.12. The Bertz CT molecular complexity index is 1050. The van der Waals surface area contributed by atoms with Crippen LogP contribution in [0.2, 0.25) is 0 Å². The number of aliphatic imine (C=N–C) groups is 1. The minimum atomic E-state index is -1.13. The number of aromatic hydroxyl groups is 1. The van der Waals surface area contributed by atoms with Gasteiger partial charge in [-0.25, -0.2) is 13.8 Å². The van der Waals surface area contributed by atoms with Gasteiger partial charge >= 0.3 is 0 Å². The lowest BCUT2D eigenvalue weighted by atomic mass is 10.2. The van der Waals surface area contributed by atoms with Crippen molar-refractivity contribution in [3.63, 3.8) is 0 Å². The third-order valence-electron chi connectivity index (χ3n) is 3.64. The summed E-state index contributed by atoms with van der Waals surface area (Å²) in [4.78, 5) is 20.6. The molecule has 0 saturated heterocycles. The summed E-state index contributed by atoms with van der Waals surface area (Å²) >= 11 is 0. The van der Waals surface area contributed by atoms with E-state index in [0.29, 0.717) is 11.4 Å². The molecule has 28 heavy (non-hydrogen) atoms. The van der Waals surface area contributed by atoms with Gasteiger partial charge in [0, 0.05) is 11.6 Å². The molecular weight excluding hydrogens is 366 g/mol. The number of carbonyl (C=O) groups excluding carboxylic acids is 1. The minimum absolute atomic E-state index is 0.0210. The summed E-state index contributed by atoms with van der Waals surface area (Å²) in [6.07, 6.45) is 2.68. The summed E-state index contributed by atoms with van der Waals surface area (Å²) < 4.78 is 26.5. The number of rotatable bonds is 3. The van der Waals surface area contributed by atoms with E-state index in [4.69, 9.17) is 0 Å². The molecule has 0 unspecified atom stereocenters. The van der Waals surface area contributed by atoms with Gasteiger partial charge in [0.2, 0.25) is 5.96 Å². The number of halogens is 2. The Morgan fingerprint density at radius 2 is 1.89 bits per heavy atom. The first-order valence-corrected chi connectivity index (χ1v) is 8.23. The Hall–Kier alpha value is -3.81. The average molecular weight is 382 g/mol. The molecule has 6 nitrogen and oxygen atoms in total. The predicted molar refractivity (Wildman–Crippen MR) is 102 cm³/mol. The Balaban J connectivity index is 1.90. The number of nitrogens with zero attached hydrogens (tertiary/aromatic N) is 2. The van der Waals surface area contributed by atoms with Gasteiger partial charge in [-0.05, 0) is 42.8 Å². The van der Waals surface area contributed by atoms with Gasteiger partial charge in [0.05, 0.1) is 23.8 Å². The van der Waals surface area contributed by atoms with E-state index in [1.54, 1.807) is 18.2 Å². The van der Waals surface area contributed by atoms with Crippen LogP contribution in [0.3, 0.4) is 0 Å². The summed E-state index contributed by atoms with van der Waals surface area (Å²) in [5.41, 5.74) is 1.82. The second kappa shape index (κ2) is 8.26. The van der Waals surface area contributed by atoms with Gasteiger partial charge in [-0.15, -0.1) is 0 Å². The molecule has 0 aliphatic heterocycles. The molecule has 0 bridgehead atoms. The van der Waals surface area contributed by atoms with Crippen molar-refractivity contribution in [3.05, 3.63) is 83.7 Å². The molecule has 0 fully saturated rings. The highest BCUT2D eigenvalue weighted by Gasteiger charge is 2.13. The van der Waals surface area contributed by atoms with Gasteiger partial charge in [0.1, 0.15) is 5.75 Å². The van der Waals surface area contributed by atoms with Crippen LogP contribution in [0.25, 0.3) is 0 Å². The number of nitrogens with one attached hydrogen (secondary N) is 2. The molecular formula is C20H16F2N4O2. The maximum absolute atomic E-state index is 13.4. The van der Waals surface area contributed by atoms with Crippen LogP contribution in [0.15, 0.2) is 65.9 Å². The van der Waals surface area contributed by atoms with Gasteiger partial charge in [0.15, 0.2) is 11.6 Å². The molecule has 0 saturated carbocycles. The van der Waals surface area contributed by atoms with E-state index >= 15 is 0 Å². The highest BCUT2D eigenvalue weighted by Crippen LogP contribution is 2.17. The Labute approximate surface area is 159 Å². The first-order chi connectivity index (χ1) is 13.4. The lowest BCUT2D eigenvalue weighted by molar-refractivity contribution is 0.0976. The van der Waals surface area contributed by atoms with Crippen molar-refractivity contribution in [3.8, 4) is 5.75 Å². The number of aromatic nitrogens is 1. The fourth-order valence-electron chi connectivity index (χ4n) is 2.36. The number of aryl methyl sites for hydroxylation is 1. The summed E-state index contributed by atoms with van der Waals surface area (Å²) in [6.45, 7) is 1.89. The molecule has 3 N–H and O–H groups in total. The van der Waals surface area contributed by atoms with Gasteiger partial charge in [0.25, 0.3) is 5.91 Å². The van der Waals surface area contributed by atoms with Crippen LogP contribution in [0.1, 0.15) is 15.9 Å². The normalized spacial score (nSPS) is 11.2. The first kappa shape index (κ1) is 19.0. The smallest absolute Gasteiger partial charge is 0.258 e. The van der Waals surface area contributed by atoms with Crippen molar-refractivity contribution in [1.82, 2.24) is 10.3 Å². The molecule has 0 aliphatic carbocycles. The second-order valence-electron chi connectivity index (χ2n) is 5.94. The summed E-state index contributed by atoms with van der Waals surface area (Å²) in [6, 6.07) is 11.4. The zero-order valence-electron chi connectivity index (χ0n) is 14.8. The van der Waals surface area contributed by atoms with Crippen LogP contribution in [-0.4, -0.2) is 22.0 Å². The van der Waals surface area contributed by atoms with Crippen LogP contribution in [0.5, 0.6) is 5.75 Å². The summed E-state index contributed by atoms with van der Waals surface area (Å²) in [5.74, 6) is -2.92. The number of hydrogen-bond acceptors (Lipinski definition) is 4. The second-order valence-corrected chi connectivity index (χ2v) is 5.94. The summed E-state index contributed by atoms with van der Waals surface area (Å²) in [7, 11) is 0. The van der Waals surface area contributed by atoms with Crippen molar-refractivity contribution in [1.29, 1.82) is 0 Å². The van der Waals surface area contributed by atoms with E-state index < -0.39 is 17.5 Å². The SMILES string of the molecule is Cc1cccc(N=C(NC(=O)c2ccc(F)c(F)c2)Nc2cncc(O)c2)c1. The van der Waals surface area contributed by atoms with Crippen LogP contribution in [0.4, 0.5) is 20.2 Å². The van der Waals surface area contributed by atoms with Gasteiger partial charge in [-0.1, -0.05) is 12.1 Å². The molecule has 3 aromatic rings. The molecule has 142 valence electrons. The Morgan fingerprint density at radius 3 is 2.61 bits per heavy atom. The Kier molecular flexibility index (Phi) is 5.59. The van der Waals surface area contributed by atoms with Gasteiger partial charge in [-0.2, -0.15) is 0 Å². The summed E-state index contributed by atoms with van der Waals surface area (Å²) in [5, 5.41) is 14.9. The zero-order chi connectivity index (χ0) is 20.1. The molecule has 3 rings (SSSR count). The van der Waals surface area contributed by atoms with Crippen molar-refractivity contribution in [2.24, 2.45) is 4.99 Å². The fourth-order valence-corrected chi connectivity index (χ4v) is 2.36. The van der Waals surface area contributed by atoms with Crippen molar-refractivity contribution in [2.45, 2.75) is 6.92 Å². The fraction of sp³-hybridized carbons (Fsp3) is 0.0500. The monoisotopic (exact) mass is 382 g/mol. The third-order valence-corrected chi connectivity index (χ3v) is 3.64. The van der Waals surface area contributed by atoms with Crippen molar-refractivity contribution < 1.29 is 18.7 Å². The number of carbonyl (C=O) groups is 1. The van der Waals surface area contributed by atoms with Crippen LogP contribution >= 0.6 is 0 Å². The van der Waals surface area contributed by atoms with Crippen molar-refractivity contribution >= 4 is 23.2 Å². The van der Waals surface area contributed by atoms with Crippen LogP contribution in [0, 0.1) is 18.6 Å². The van der Waals surface area contributed by atoms with E-state index in [2.05, 4.69) is 20.6 Å². The molecule has 1 heterocycles. The third kappa shape index (κ3) is 4.88. The molecule has 0 radical (unpaired) electrons. The van der Waals surface area contributed by atoms with Crippen molar-refractivity contribution in [2.75, 3.05) is 5.32 Å². The van der Waals surface area contributed by atoms with E-state index in [0.717, 1.165) is 23.8 Å². The molecule has 0 aliphatic rings. The number of hydrogen-bond donors (Lipinski definition) is 3. The van der Waals surface area contributed by atoms with Gasteiger partial charge in [-0.3, -0.25) is 15.1 Å². The quantitative estimate of drug-likeness (QED) is 0.474. The van der Waals surface area contributed by atoms with E-state index in [-0.39, 0.29) is 17.3 Å². The maximum Gasteiger partial charge on any atom is 0.258 e. The van der Waals surface area contributed by atoms with E-state index in [1.807, 2.05) is 13.0 Å². The predicted octanol–water partition coefficient (Wildman–Crippen LogP) is 3.90. The number of anilines is 1. The number of guanidine groups is 1. The molecule has 1 aromatic heterocycles. The largest absolute Gasteiger partial charge is 0.506 e. The number of amides is 1. The topological polar surface area (TPSA) is 86.6 Å². The maximum atomic E-state index is 13.4. The van der Waals surface area contributed by atoms with Crippen LogP contribution in [-0.2, 0) is 0 Å².